The van der Waals surface area contributed by atoms with Crippen LogP contribution in [0.25, 0.3) is 0 Å². The van der Waals surface area contributed by atoms with Gasteiger partial charge in [-0.1, -0.05) is 42.5 Å². The number of nitrogens with one attached hydrogen (secondary N) is 4. The molecule has 0 aromatic heterocycles. The molecule has 0 bridgehead atoms. The van der Waals surface area contributed by atoms with Crippen LogP contribution in [0.2, 0.25) is 0 Å². The number of aliphatic carboxylic acids is 2. The molecule has 2 aromatic carbocycles. The number of thioether (sulfide) groups is 1. The molecule has 2 rings (SSSR count). The lowest BCUT2D eigenvalue weighted by Gasteiger charge is -2.22. The molecule has 14 nitrogen and oxygen atoms in total. The minimum Gasteiger partial charge on any atom is -0.508 e. The molecular weight excluding hydrogens is 594 g/mol. The van der Waals surface area contributed by atoms with Crippen molar-refractivity contribution in [1.29, 1.82) is 0 Å². The summed E-state index contributed by atoms with van der Waals surface area (Å²) in [7, 11) is 0. The predicted octanol–water partition coefficient (Wildman–Crippen LogP) is -0.365. The number of aromatic hydroxyl groups is 1. The Morgan fingerprint density at radius 1 is 0.773 bits per heavy atom. The third-order valence-electron chi connectivity index (χ3n) is 5.76. The Hall–Kier alpha value is -4.63. The minimum absolute atomic E-state index is 0.0881. The van der Waals surface area contributed by atoms with Crippen LogP contribution < -0.4 is 27.0 Å². The quantitative estimate of drug-likeness (QED) is 0.119. The van der Waals surface area contributed by atoms with Crippen LogP contribution in [-0.2, 0) is 41.6 Å². The number of rotatable bonds is 16. The smallest absolute Gasteiger partial charge is 0.326 e. The van der Waals surface area contributed by atoms with Crippen LogP contribution in [0.1, 0.15) is 24.5 Å². The van der Waals surface area contributed by atoms with Gasteiger partial charge in [-0.25, -0.2) is 4.79 Å². The van der Waals surface area contributed by atoms with Gasteiger partial charge in [-0.3, -0.25) is 24.0 Å². The van der Waals surface area contributed by atoms with Crippen molar-refractivity contribution in [2.45, 2.75) is 44.3 Å². The van der Waals surface area contributed by atoms with Crippen molar-refractivity contribution >= 4 is 47.3 Å². The fourth-order valence-corrected chi connectivity index (χ4v) is 4.06. The van der Waals surface area contributed by atoms with Crippen LogP contribution in [0.15, 0.2) is 54.6 Å². The van der Waals surface area contributed by atoms with Crippen molar-refractivity contribution in [3.8, 4) is 5.75 Å². The number of hydrogen-bond acceptors (Lipinski definition) is 9. The highest BCUT2D eigenvalue weighted by atomic mass is 32.2. The van der Waals surface area contributed by atoms with Crippen molar-refractivity contribution in [3.63, 3.8) is 0 Å². The first-order valence-corrected chi connectivity index (χ1v) is 14.8. The molecule has 44 heavy (non-hydrogen) atoms. The largest absolute Gasteiger partial charge is 0.508 e. The van der Waals surface area contributed by atoms with Gasteiger partial charge in [-0.2, -0.15) is 11.8 Å². The van der Waals surface area contributed by atoms with Gasteiger partial charge in [0.2, 0.25) is 23.6 Å². The lowest BCUT2D eigenvalue weighted by atomic mass is 10.0. The maximum absolute atomic E-state index is 12.9. The molecule has 3 atom stereocenters. The Morgan fingerprint density at radius 3 is 1.91 bits per heavy atom. The average Bonchev–Trinajstić information content (AvgIpc) is 2.97. The number of nitrogens with two attached hydrogens (primary N) is 1. The molecule has 0 heterocycles. The van der Waals surface area contributed by atoms with Crippen molar-refractivity contribution in [2.75, 3.05) is 25.1 Å². The van der Waals surface area contributed by atoms with Gasteiger partial charge in [0, 0.05) is 13.3 Å². The van der Waals surface area contributed by atoms with Gasteiger partial charge >= 0.3 is 5.97 Å². The topological polar surface area (TPSA) is 237 Å². The van der Waals surface area contributed by atoms with E-state index < -0.39 is 66.8 Å². The van der Waals surface area contributed by atoms with Crippen LogP contribution >= 0.6 is 11.8 Å². The van der Waals surface area contributed by atoms with Gasteiger partial charge < -0.3 is 42.3 Å². The lowest BCUT2D eigenvalue weighted by molar-refractivity contribution is -0.142. The zero-order chi connectivity index (χ0) is 33.1. The first-order valence-electron chi connectivity index (χ1n) is 13.4. The van der Waals surface area contributed by atoms with E-state index in [0.29, 0.717) is 5.75 Å². The van der Waals surface area contributed by atoms with Crippen molar-refractivity contribution in [3.05, 3.63) is 65.7 Å². The SMILES string of the molecule is CC(=O)O.CSCC[C@H](NC(=O)[C@H](Cc1ccccc1)NC(=O)CNC(=O)CNC(=O)[C@@H](N)Cc1ccc(O)cc1)C(=O)O. The highest BCUT2D eigenvalue weighted by Gasteiger charge is 2.27. The van der Waals surface area contributed by atoms with Crippen molar-refractivity contribution < 1.29 is 44.1 Å². The number of phenolic OH excluding ortho intramolecular Hbond substituents is 1. The number of carbonyl (C=O) groups is 6. The van der Waals surface area contributed by atoms with Crippen LogP contribution in [-0.4, -0.2) is 94.1 Å². The Bertz CT molecular complexity index is 1240. The molecule has 4 amide bonds. The number of benzene rings is 2. The van der Waals surface area contributed by atoms with E-state index in [9.17, 15) is 34.2 Å². The van der Waals surface area contributed by atoms with Gasteiger partial charge in [0.1, 0.15) is 17.8 Å². The summed E-state index contributed by atoms with van der Waals surface area (Å²) in [5.41, 5.74) is 7.35. The summed E-state index contributed by atoms with van der Waals surface area (Å²) in [5, 5.41) is 36.0. The van der Waals surface area contributed by atoms with Crippen LogP contribution in [0, 0.1) is 0 Å². The number of amides is 4. The highest BCUT2D eigenvalue weighted by molar-refractivity contribution is 7.98. The summed E-state index contributed by atoms with van der Waals surface area (Å²) >= 11 is 1.45. The monoisotopic (exact) mass is 633 g/mol. The fraction of sp³-hybridized carbons (Fsp3) is 0.379. The maximum Gasteiger partial charge on any atom is 0.326 e. The number of carboxylic acid groups (broad SMARTS) is 2. The van der Waals surface area contributed by atoms with Gasteiger partial charge in [-0.05, 0) is 48.1 Å². The third kappa shape index (κ3) is 16.1. The summed E-state index contributed by atoms with van der Waals surface area (Å²) in [5.74, 6) is -3.94. The molecule has 0 unspecified atom stereocenters. The first kappa shape index (κ1) is 37.4. The minimum atomic E-state index is -1.18. The molecule has 15 heteroatoms. The number of carbonyl (C=O) groups excluding carboxylic acids is 4. The lowest BCUT2D eigenvalue weighted by Crippen LogP contribution is -2.54. The molecule has 0 aliphatic heterocycles. The van der Waals surface area contributed by atoms with E-state index in [2.05, 4.69) is 21.3 Å². The third-order valence-corrected chi connectivity index (χ3v) is 6.40. The van der Waals surface area contributed by atoms with E-state index in [1.54, 1.807) is 42.5 Å². The molecule has 0 aliphatic rings. The standard InChI is InChI=1S/C27H35N5O7S.C2H4O2/c1-40-12-11-21(27(38)39)32-26(37)22(14-17-5-3-2-4-6-17)31-24(35)16-29-23(34)15-30-25(36)20(28)13-18-7-9-19(33)10-8-18;1-2(3)4/h2-10,20-22,33H,11-16,28H2,1H3,(H,29,34)(H,30,36)(H,31,35)(H,32,37)(H,38,39);1H3,(H,3,4)/t20-,21-,22-;/m0./s1. The normalized spacial score (nSPS) is 12.2. The number of carboxylic acids is 2. The fourth-order valence-electron chi connectivity index (χ4n) is 3.59. The zero-order valence-corrected chi connectivity index (χ0v) is 25.3. The molecule has 0 fully saturated rings. The molecular formula is C29H39N5O9S. The predicted molar refractivity (Wildman–Crippen MR) is 164 cm³/mol. The van der Waals surface area contributed by atoms with E-state index in [4.69, 9.17) is 15.6 Å². The van der Waals surface area contributed by atoms with Gasteiger partial charge in [0.05, 0.1) is 19.1 Å². The average molecular weight is 634 g/mol. The molecule has 0 spiro atoms. The first-order chi connectivity index (χ1) is 20.8. The molecule has 0 radical (unpaired) electrons. The summed E-state index contributed by atoms with van der Waals surface area (Å²) < 4.78 is 0. The van der Waals surface area contributed by atoms with Gasteiger partial charge in [-0.15, -0.1) is 0 Å². The molecule has 9 N–H and O–H groups in total. The molecule has 0 saturated carbocycles. The molecule has 2 aromatic rings. The zero-order valence-electron chi connectivity index (χ0n) is 24.4. The van der Waals surface area contributed by atoms with E-state index in [0.717, 1.165) is 18.1 Å². The summed E-state index contributed by atoms with van der Waals surface area (Å²) in [4.78, 5) is 70.5. The summed E-state index contributed by atoms with van der Waals surface area (Å²) in [6.07, 6.45) is 2.34. The van der Waals surface area contributed by atoms with E-state index in [1.165, 1.54) is 23.9 Å². The van der Waals surface area contributed by atoms with E-state index in [1.807, 2.05) is 6.26 Å². The van der Waals surface area contributed by atoms with Crippen LogP contribution in [0.3, 0.4) is 0 Å². The van der Waals surface area contributed by atoms with Gasteiger partial charge in [0.15, 0.2) is 0 Å². The van der Waals surface area contributed by atoms with E-state index >= 15 is 0 Å². The Labute approximate surface area is 259 Å². The summed E-state index contributed by atoms with van der Waals surface area (Å²) in [6, 6.07) is 12.0. The van der Waals surface area contributed by atoms with E-state index in [-0.39, 0.29) is 25.0 Å². The number of hydrogen-bond donors (Lipinski definition) is 8. The molecule has 240 valence electrons. The Morgan fingerprint density at radius 2 is 1.34 bits per heavy atom. The highest BCUT2D eigenvalue weighted by Crippen LogP contribution is 2.11. The second-order valence-corrected chi connectivity index (χ2v) is 10.5. The molecule has 0 aliphatic carbocycles. The van der Waals surface area contributed by atoms with Crippen LogP contribution in [0.4, 0.5) is 0 Å². The Balaban J connectivity index is 0.00000227. The second-order valence-electron chi connectivity index (χ2n) is 9.48. The molecule has 0 saturated heterocycles. The van der Waals surface area contributed by atoms with Gasteiger partial charge in [0.25, 0.3) is 5.97 Å². The van der Waals surface area contributed by atoms with Crippen molar-refractivity contribution in [2.24, 2.45) is 5.73 Å². The van der Waals surface area contributed by atoms with Crippen LogP contribution in [0.5, 0.6) is 5.75 Å². The Kier molecular flexibility index (Phi) is 17.3. The van der Waals surface area contributed by atoms with Crippen molar-refractivity contribution in [1.82, 2.24) is 21.3 Å². The number of phenols is 1. The maximum atomic E-state index is 12.9. The summed E-state index contributed by atoms with van der Waals surface area (Å²) in [6.45, 7) is 0.195. The second kappa shape index (κ2) is 20.3.